The number of rotatable bonds is 3. The van der Waals surface area contributed by atoms with Crippen LogP contribution in [-0.4, -0.2) is 10.9 Å². The van der Waals surface area contributed by atoms with Gasteiger partial charge in [-0.1, -0.05) is 30.3 Å². The maximum absolute atomic E-state index is 12.3. The van der Waals surface area contributed by atoms with E-state index in [9.17, 15) is 4.79 Å². The molecule has 0 spiro atoms. The van der Waals surface area contributed by atoms with Crippen LogP contribution in [0.2, 0.25) is 0 Å². The van der Waals surface area contributed by atoms with E-state index in [1.54, 1.807) is 12.3 Å². The van der Waals surface area contributed by atoms with Gasteiger partial charge in [-0.2, -0.15) is 0 Å². The number of pyridine rings is 1. The predicted molar refractivity (Wildman–Crippen MR) is 83.8 cm³/mol. The number of hydrogen-bond acceptors (Lipinski definition) is 3. The second-order valence-corrected chi connectivity index (χ2v) is 4.80. The molecule has 0 bridgehead atoms. The van der Waals surface area contributed by atoms with Gasteiger partial charge in [0.05, 0.1) is 11.1 Å². The molecule has 0 aliphatic rings. The van der Waals surface area contributed by atoms with Crippen molar-refractivity contribution in [3.05, 3.63) is 71.9 Å². The highest BCUT2D eigenvalue weighted by molar-refractivity contribution is 6.05. The van der Waals surface area contributed by atoms with Crippen LogP contribution in [-0.2, 0) is 6.54 Å². The summed E-state index contributed by atoms with van der Waals surface area (Å²) in [6.45, 7) is 0.468. The zero-order valence-electron chi connectivity index (χ0n) is 11.4. The first kappa shape index (κ1) is 13.1. The van der Waals surface area contributed by atoms with Gasteiger partial charge in [0, 0.05) is 23.8 Å². The van der Waals surface area contributed by atoms with Gasteiger partial charge in [-0.15, -0.1) is 0 Å². The van der Waals surface area contributed by atoms with Crippen LogP contribution in [0.5, 0.6) is 0 Å². The third-order valence-corrected chi connectivity index (χ3v) is 3.33. The van der Waals surface area contributed by atoms with E-state index >= 15 is 0 Å². The summed E-state index contributed by atoms with van der Waals surface area (Å²) in [5.41, 5.74) is 8.82. The van der Waals surface area contributed by atoms with Crippen LogP contribution in [0.1, 0.15) is 15.9 Å². The second-order valence-electron chi connectivity index (χ2n) is 4.80. The Morgan fingerprint density at radius 1 is 1.05 bits per heavy atom. The van der Waals surface area contributed by atoms with E-state index < -0.39 is 0 Å². The first-order valence-electron chi connectivity index (χ1n) is 6.70. The number of nitrogens with zero attached hydrogens (tertiary/aromatic N) is 1. The van der Waals surface area contributed by atoms with Crippen LogP contribution in [0.15, 0.2) is 60.8 Å². The van der Waals surface area contributed by atoms with Gasteiger partial charge in [0.2, 0.25) is 0 Å². The van der Waals surface area contributed by atoms with E-state index in [-0.39, 0.29) is 5.91 Å². The minimum atomic E-state index is -0.106. The molecule has 0 saturated heterocycles. The van der Waals surface area contributed by atoms with E-state index in [0.29, 0.717) is 17.8 Å². The molecule has 0 radical (unpaired) electrons. The van der Waals surface area contributed by atoms with Crippen molar-refractivity contribution >= 4 is 22.5 Å². The zero-order chi connectivity index (χ0) is 14.7. The number of aromatic nitrogens is 1. The fraction of sp³-hybridized carbons (Fsp3) is 0.0588. The van der Waals surface area contributed by atoms with Crippen molar-refractivity contribution in [2.75, 3.05) is 5.73 Å². The molecular weight excluding hydrogens is 262 g/mol. The summed E-state index contributed by atoms with van der Waals surface area (Å²) >= 11 is 0. The number of carbonyl (C=O) groups excluding carboxylic acids is 1. The van der Waals surface area contributed by atoms with Gasteiger partial charge in [0.15, 0.2) is 0 Å². The van der Waals surface area contributed by atoms with Crippen LogP contribution in [0.25, 0.3) is 10.9 Å². The molecule has 3 N–H and O–H groups in total. The molecule has 0 aliphatic carbocycles. The number of nitrogen functional groups attached to an aromatic ring is 1. The number of hydrogen-bond donors (Lipinski definition) is 2. The third kappa shape index (κ3) is 2.84. The van der Waals surface area contributed by atoms with Crippen molar-refractivity contribution in [3.8, 4) is 0 Å². The molecule has 0 aliphatic heterocycles. The van der Waals surface area contributed by atoms with Gasteiger partial charge in [0.1, 0.15) is 0 Å². The lowest BCUT2D eigenvalue weighted by atomic mass is 10.1. The van der Waals surface area contributed by atoms with Crippen molar-refractivity contribution in [2.45, 2.75) is 6.54 Å². The smallest absolute Gasteiger partial charge is 0.252 e. The van der Waals surface area contributed by atoms with Crippen molar-refractivity contribution < 1.29 is 4.79 Å². The highest BCUT2D eigenvalue weighted by Crippen LogP contribution is 2.16. The predicted octanol–water partition coefficient (Wildman–Crippen LogP) is 2.75. The highest BCUT2D eigenvalue weighted by Gasteiger charge is 2.09. The zero-order valence-corrected chi connectivity index (χ0v) is 11.4. The SMILES string of the molecule is Nc1ccc(CNC(=O)c2ccnc3ccccc23)cc1. The summed E-state index contributed by atoms with van der Waals surface area (Å²) < 4.78 is 0. The Kier molecular flexibility index (Phi) is 3.51. The Morgan fingerprint density at radius 2 is 1.81 bits per heavy atom. The molecule has 4 nitrogen and oxygen atoms in total. The topological polar surface area (TPSA) is 68.0 Å². The molecular formula is C17H15N3O. The molecule has 0 fully saturated rings. The first-order valence-corrected chi connectivity index (χ1v) is 6.70. The number of para-hydroxylation sites is 1. The summed E-state index contributed by atoms with van der Waals surface area (Å²) in [5.74, 6) is -0.106. The number of benzene rings is 2. The van der Waals surface area contributed by atoms with Crippen molar-refractivity contribution in [3.63, 3.8) is 0 Å². The van der Waals surface area contributed by atoms with Gasteiger partial charge in [0.25, 0.3) is 5.91 Å². The minimum absolute atomic E-state index is 0.106. The number of amides is 1. The molecule has 2 aromatic carbocycles. The molecule has 3 aromatic rings. The van der Waals surface area contributed by atoms with E-state index in [2.05, 4.69) is 10.3 Å². The average Bonchev–Trinajstić information content (AvgIpc) is 2.53. The van der Waals surface area contributed by atoms with Crippen LogP contribution < -0.4 is 11.1 Å². The Morgan fingerprint density at radius 3 is 2.62 bits per heavy atom. The summed E-state index contributed by atoms with van der Waals surface area (Å²) in [5, 5.41) is 3.78. The molecule has 1 aromatic heterocycles. The van der Waals surface area contributed by atoms with Crippen molar-refractivity contribution in [2.24, 2.45) is 0 Å². The lowest BCUT2D eigenvalue weighted by molar-refractivity contribution is 0.0952. The molecule has 21 heavy (non-hydrogen) atoms. The Hall–Kier alpha value is -2.88. The van der Waals surface area contributed by atoms with Gasteiger partial charge >= 0.3 is 0 Å². The van der Waals surface area contributed by atoms with Crippen molar-refractivity contribution in [1.82, 2.24) is 10.3 Å². The quantitative estimate of drug-likeness (QED) is 0.723. The molecule has 4 heteroatoms. The molecule has 3 rings (SSSR count). The van der Waals surface area contributed by atoms with Gasteiger partial charge in [-0.05, 0) is 29.8 Å². The first-order chi connectivity index (χ1) is 10.2. The van der Waals surface area contributed by atoms with Crippen LogP contribution in [0.4, 0.5) is 5.69 Å². The van der Waals surface area contributed by atoms with Crippen LogP contribution >= 0.6 is 0 Å². The number of nitrogens with one attached hydrogen (secondary N) is 1. The fourth-order valence-corrected chi connectivity index (χ4v) is 2.21. The van der Waals surface area contributed by atoms with E-state index in [1.165, 1.54) is 0 Å². The summed E-state index contributed by atoms with van der Waals surface area (Å²) in [4.78, 5) is 16.6. The normalized spacial score (nSPS) is 10.5. The number of anilines is 1. The van der Waals surface area contributed by atoms with Gasteiger partial charge in [-0.25, -0.2) is 0 Å². The fourth-order valence-electron chi connectivity index (χ4n) is 2.21. The minimum Gasteiger partial charge on any atom is -0.399 e. The molecule has 1 amide bonds. The van der Waals surface area contributed by atoms with E-state index in [1.807, 2.05) is 48.5 Å². The summed E-state index contributed by atoms with van der Waals surface area (Å²) in [7, 11) is 0. The van der Waals surface area contributed by atoms with Crippen molar-refractivity contribution in [1.29, 1.82) is 0 Å². The average molecular weight is 277 g/mol. The second kappa shape index (κ2) is 5.63. The molecule has 0 saturated carbocycles. The van der Waals surface area contributed by atoms with E-state index in [0.717, 1.165) is 16.5 Å². The van der Waals surface area contributed by atoms with Gasteiger partial charge < -0.3 is 11.1 Å². The van der Waals surface area contributed by atoms with Crippen LogP contribution in [0, 0.1) is 0 Å². The molecule has 0 atom stereocenters. The lowest BCUT2D eigenvalue weighted by Crippen LogP contribution is -2.23. The molecule has 104 valence electrons. The number of fused-ring (bicyclic) bond motifs is 1. The molecule has 0 unspecified atom stereocenters. The highest BCUT2D eigenvalue weighted by atomic mass is 16.1. The van der Waals surface area contributed by atoms with E-state index in [4.69, 9.17) is 5.73 Å². The summed E-state index contributed by atoms with van der Waals surface area (Å²) in [6, 6.07) is 16.8. The maximum Gasteiger partial charge on any atom is 0.252 e. The third-order valence-electron chi connectivity index (χ3n) is 3.33. The monoisotopic (exact) mass is 277 g/mol. The number of carbonyl (C=O) groups is 1. The Labute approximate surface area is 122 Å². The largest absolute Gasteiger partial charge is 0.399 e. The van der Waals surface area contributed by atoms with Crippen LogP contribution in [0.3, 0.4) is 0 Å². The summed E-state index contributed by atoms with van der Waals surface area (Å²) in [6.07, 6.45) is 1.65. The maximum atomic E-state index is 12.3. The lowest BCUT2D eigenvalue weighted by Gasteiger charge is -2.08. The number of nitrogens with two attached hydrogens (primary N) is 1. The standard InChI is InChI=1S/C17H15N3O/c18-13-7-5-12(6-8-13)11-20-17(21)15-9-10-19-16-4-2-1-3-14(15)16/h1-10H,11,18H2,(H,20,21). The Bertz CT molecular complexity index is 776. The Balaban J connectivity index is 1.79. The molecule has 1 heterocycles. The van der Waals surface area contributed by atoms with Gasteiger partial charge in [-0.3, -0.25) is 9.78 Å².